The lowest BCUT2D eigenvalue weighted by Gasteiger charge is -2.34. The molecule has 1 fully saturated rings. The molecule has 0 bridgehead atoms. The Kier molecular flexibility index (Phi) is 5.87. The van der Waals surface area contributed by atoms with Gasteiger partial charge in [0.15, 0.2) is 0 Å². The smallest absolute Gasteiger partial charge is 0.387 e. The summed E-state index contributed by atoms with van der Waals surface area (Å²) in [4.78, 5) is 12.8. The fourth-order valence-electron chi connectivity index (χ4n) is 3.73. The zero-order valence-corrected chi connectivity index (χ0v) is 16.0. The van der Waals surface area contributed by atoms with Gasteiger partial charge in [-0.25, -0.2) is 0 Å². The Bertz CT molecular complexity index is 963. The number of nitrogens with zero attached hydrogens (tertiary/aromatic N) is 1. The summed E-state index contributed by atoms with van der Waals surface area (Å²) in [7, 11) is 0. The van der Waals surface area contributed by atoms with E-state index in [1.54, 1.807) is 24.3 Å². The summed E-state index contributed by atoms with van der Waals surface area (Å²) in [6.45, 7) is 0. The summed E-state index contributed by atoms with van der Waals surface area (Å²) in [6.07, 6.45) is -2.34. The molecule has 2 N–H and O–H groups in total. The van der Waals surface area contributed by atoms with Crippen LogP contribution in [0.15, 0.2) is 42.5 Å². The van der Waals surface area contributed by atoms with Gasteiger partial charge in [0.2, 0.25) is 0 Å². The number of aliphatic hydroxyl groups is 1. The summed E-state index contributed by atoms with van der Waals surface area (Å²) in [5.74, 6) is -0.825. The Hall–Kier alpha value is -2.56. The lowest BCUT2D eigenvalue weighted by Crippen LogP contribution is -2.44. The summed E-state index contributed by atoms with van der Waals surface area (Å²) >= 11 is 5.87. The Morgan fingerprint density at radius 1 is 1.21 bits per heavy atom. The van der Waals surface area contributed by atoms with Gasteiger partial charge < -0.3 is 10.4 Å². The number of amides is 1. The molecular formula is C21H18ClF3N2O2. The maximum atomic E-state index is 13.1. The summed E-state index contributed by atoms with van der Waals surface area (Å²) in [5.41, 5.74) is -1.85. The van der Waals surface area contributed by atoms with E-state index < -0.39 is 34.3 Å². The molecule has 1 unspecified atom stereocenters. The van der Waals surface area contributed by atoms with Crippen molar-refractivity contribution in [3.63, 3.8) is 0 Å². The highest BCUT2D eigenvalue weighted by Crippen LogP contribution is 2.41. The third-order valence-electron chi connectivity index (χ3n) is 5.18. The Balaban J connectivity index is 1.99. The fraction of sp³-hybridized carbons (Fsp3) is 0.333. The van der Waals surface area contributed by atoms with Gasteiger partial charge in [-0.3, -0.25) is 4.79 Å². The lowest BCUT2D eigenvalue weighted by molar-refractivity contribution is -0.137. The van der Waals surface area contributed by atoms with E-state index in [0.717, 1.165) is 25.0 Å². The normalized spacial score (nSPS) is 16.8. The van der Waals surface area contributed by atoms with Crippen molar-refractivity contribution in [3.8, 4) is 6.07 Å². The van der Waals surface area contributed by atoms with Crippen LogP contribution in [0.3, 0.4) is 0 Å². The molecule has 29 heavy (non-hydrogen) atoms. The summed E-state index contributed by atoms with van der Waals surface area (Å²) in [6, 6.07) is 10.7. The zero-order chi connectivity index (χ0) is 21.2. The molecular weight excluding hydrogens is 405 g/mol. The zero-order valence-electron chi connectivity index (χ0n) is 15.3. The summed E-state index contributed by atoms with van der Waals surface area (Å²) in [5, 5.41) is 22.2. The average molecular weight is 423 g/mol. The largest absolute Gasteiger partial charge is 0.417 e. The molecule has 0 heterocycles. The van der Waals surface area contributed by atoms with Gasteiger partial charge in [-0.2, -0.15) is 18.4 Å². The predicted octanol–water partition coefficient (Wildman–Crippen LogP) is 5.01. The molecule has 1 saturated carbocycles. The monoisotopic (exact) mass is 422 g/mol. The molecule has 4 nitrogen and oxygen atoms in total. The molecule has 0 saturated heterocycles. The van der Waals surface area contributed by atoms with E-state index in [4.69, 9.17) is 16.9 Å². The van der Waals surface area contributed by atoms with Gasteiger partial charge in [0.25, 0.3) is 5.91 Å². The van der Waals surface area contributed by atoms with Crippen LogP contribution < -0.4 is 5.32 Å². The second kappa shape index (κ2) is 8.05. The van der Waals surface area contributed by atoms with Crippen LogP contribution in [0.4, 0.5) is 13.2 Å². The van der Waals surface area contributed by atoms with Crippen LogP contribution in [0.25, 0.3) is 0 Å². The van der Waals surface area contributed by atoms with E-state index in [1.165, 1.54) is 6.07 Å². The lowest BCUT2D eigenvalue weighted by atomic mass is 9.86. The predicted molar refractivity (Wildman–Crippen MR) is 101 cm³/mol. The number of nitrogens with one attached hydrogen (secondary N) is 1. The van der Waals surface area contributed by atoms with Crippen LogP contribution in [0.2, 0.25) is 5.02 Å². The topological polar surface area (TPSA) is 73.1 Å². The standard InChI is InChI=1S/C21H18ClF3N2O2/c22-17-15(7-4-8-16(17)21(23,24)25)19(28)27-18(20(29)9-1-2-10-20)14-6-3-5-13(11-14)12-26/h3-8,11,18,29H,1-2,9-10H2,(H,27,28). The number of nitriles is 1. The van der Waals surface area contributed by atoms with Crippen LogP contribution in [-0.2, 0) is 6.18 Å². The highest BCUT2D eigenvalue weighted by molar-refractivity contribution is 6.34. The number of hydrogen-bond acceptors (Lipinski definition) is 3. The van der Waals surface area contributed by atoms with Gasteiger partial charge in [-0.05, 0) is 42.7 Å². The first kappa shape index (κ1) is 21.2. The first-order valence-corrected chi connectivity index (χ1v) is 9.42. The minimum Gasteiger partial charge on any atom is -0.387 e. The molecule has 2 aromatic carbocycles. The minimum atomic E-state index is -4.70. The number of carbonyl (C=O) groups is 1. The molecule has 1 aliphatic carbocycles. The highest BCUT2D eigenvalue weighted by atomic mass is 35.5. The molecule has 152 valence electrons. The summed E-state index contributed by atoms with van der Waals surface area (Å²) < 4.78 is 39.4. The van der Waals surface area contributed by atoms with Gasteiger partial charge in [-0.15, -0.1) is 0 Å². The molecule has 2 aromatic rings. The number of rotatable bonds is 4. The first-order valence-electron chi connectivity index (χ1n) is 9.05. The van der Waals surface area contributed by atoms with Crippen LogP contribution in [0.5, 0.6) is 0 Å². The minimum absolute atomic E-state index is 0.329. The SMILES string of the molecule is N#Cc1cccc(C(NC(=O)c2cccc(C(F)(F)F)c2Cl)C2(O)CCCC2)c1. The highest BCUT2D eigenvalue weighted by Gasteiger charge is 2.42. The molecule has 0 aliphatic heterocycles. The number of alkyl halides is 3. The molecule has 0 radical (unpaired) electrons. The van der Waals surface area contributed by atoms with Crippen molar-refractivity contribution < 1.29 is 23.1 Å². The van der Waals surface area contributed by atoms with E-state index in [9.17, 15) is 23.1 Å². The first-order chi connectivity index (χ1) is 13.7. The van der Waals surface area contributed by atoms with Crippen molar-refractivity contribution in [2.75, 3.05) is 0 Å². The van der Waals surface area contributed by atoms with Crippen LogP contribution >= 0.6 is 11.6 Å². The van der Waals surface area contributed by atoms with Gasteiger partial charge in [0.1, 0.15) is 0 Å². The number of carbonyl (C=O) groups excluding carboxylic acids is 1. The van der Waals surface area contributed by atoms with Crippen molar-refractivity contribution in [2.45, 2.75) is 43.5 Å². The second-order valence-electron chi connectivity index (χ2n) is 7.12. The van der Waals surface area contributed by atoms with Crippen LogP contribution in [0, 0.1) is 11.3 Å². The fourth-order valence-corrected chi connectivity index (χ4v) is 4.05. The van der Waals surface area contributed by atoms with Crippen molar-refractivity contribution >= 4 is 17.5 Å². The molecule has 1 aliphatic rings. The van der Waals surface area contributed by atoms with Crippen LogP contribution in [-0.4, -0.2) is 16.6 Å². The van der Waals surface area contributed by atoms with E-state index in [2.05, 4.69) is 5.32 Å². The maximum Gasteiger partial charge on any atom is 0.417 e. The molecule has 8 heteroatoms. The van der Waals surface area contributed by atoms with Crippen molar-refractivity contribution in [3.05, 3.63) is 69.7 Å². The van der Waals surface area contributed by atoms with Crippen molar-refractivity contribution in [1.29, 1.82) is 5.26 Å². The average Bonchev–Trinajstić information content (AvgIpc) is 3.12. The second-order valence-corrected chi connectivity index (χ2v) is 7.50. The third kappa shape index (κ3) is 4.39. The van der Waals surface area contributed by atoms with Crippen molar-refractivity contribution in [2.24, 2.45) is 0 Å². The van der Waals surface area contributed by atoms with E-state index in [1.807, 2.05) is 6.07 Å². The Morgan fingerprint density at radius 3 is 2.48 bits per heavy atom. The number of benzene rings is 2. The molecule has 0 spiro atoms. The van der Waals surface area contributed by atoms with Crippen molar-refractivity contribution in [1.82, 2.24) is 5.32 Å². The molecule has 1 amide bonds. The van der Waals surface area contributed by atoms with Gasteiger partial charge in [0, 0.05) is 0 Å². The van der Waals surface area contributed by atoms with Gasteiger partial charge >= 0.3 is 6.18 Å². The van der Waals surface area contributed by atoms with E-state index in [-0.39, 0.29) is 5.56 Å². The van der Waals surface area contributed by atoms with Gasteiger partial charge in [-0.1, -0.05) is 42.6 Å². The number of halogens is 4. The van der Waals surface area contributed by atoms with E-state index >= 15 is 0 Å². The Labute approximate surface area is 170 Å². The van der Waals surface area contributed by atoms with Gasteiger partial charge in [0.05, 0.1) is 39.4 Å². The third-order valence-corrected chi connectivity index (χ3v) is 5.59. The Morgan fingerprint density at radius 2 is 1.86 bits per heavy atom. The van der Waals surface area contributed by atoms with Crippen LogP contribution in [0.1, 0.15) is 58.8 Å². The molecule has 1 atom stereocenters. The molecule has 0 aromatic heterocycles. The quantitative estimate of drug-likeness (QED) is 0.727. The number of hydrogen-bond donors (Lipinski definition) is 2. The van der Waals surface area contributed by atoms with E-state index in [0.29, 0.717) is 24.0 Å². The maximum absolute atomic E-state index is 13.1. The molecule has 3 rings (SSSR count).